The van der Waals surface area contributed by atoms with Gasteiger partial charge in [0.05, 0.1) is 17.1 Å². The van der Waals surface area contributed by atoms with Crippen molar-refractivity contribution in [2.45, 2.75) is 18.7 Å². The van der Waals surface area contributed by atoms with Crippen LogP contribution in [0.5, 0.6) is 0 Å². The minimum absolute atomic E-state index is 0.0446. The van der Waals surface area contributed by atoms with E-state index >= 15 is 0 Å². The summed E-state index contributed by atoms with van der Waals surface area (Å²) in [5.74, 6) is -0.627. The Kier molecular flexibility index (Phi) is 5.44. The van der Waals surface area contributed by atoms with E-state index in [2.05, 4.69) is 5.32 Å². The lowest BCUT2D eigenvalue weighted by Crippen LogP contribution is -2.62. The van der Waals surface area contributed by atoms with Crippen LogP contribution >= 0.6 is 0 Å². The van der Waals surface area contributed by atoms with Crippen molar-refractivity contribution >= 4 is 15.7 Å². The van der Waals surface area contributed by atoms with Crippen molar-refractivity contribution in [1.29, 1.82) is 5.26 Å². The van der Waals surface area contributed by atoms with Gasteiger partial charge < -0.3 is 10.4 Å². The Hall–Kier alpha value is -2.47. The highest BCUT2D eigenvalue weighted by Crippen LogP contribution is 2.36. The molecule has 28 heavy (non-hydrogen) atoms. The molecule has 0 saturated carbocycles. The van der Waals surface area contributed by atoms with E-state index in [0.29, 0.717) is 11.3 Å². The van der Waals surface area contributed by atoms with Crippen molar-refractivity contribution in [3.8, 4) is 6.07 Å². The van der Waals surface area contributed by atoms with Gasteiger partial charge in [-0.1, -0.05) is 17.7 Å². The maximum Gasteiger partial charge on any atom is 0.243 e. The number of anilines is 1. The Balaban J connectivity index is 1.69. The van der Waals surface area contributed by atoms with E-state index in [1.165, 1.54) is 16.4 Å². The molecule has 0 aliphatic carbocycles. The van der Waals surface area contributed by atoms with Crippen LogP contribution in [0.2, 0.25) is 0 Å². The molecular weight excluding hydrogens is 381 g/mol. The van der Waals surface area contributed by atoms with Crippen LogP contribution in [0.15, 0.2) is 41.3 Å². The molecule has 1 fully saturated rings. The van der Waals surface area contributed by atoms with E-state index in [4.69, 9.17) is 5.26 Å². The molecule has 0 amide bonds. The third kappa shape index (κ3) is 3.74. The van der Waals surface area contributed by atoms with E-state index < -0.39 is 21.3 Å². The summed E-state index contributed by atoms with van der Waals surface area (Å²) in [6, 6.07) is 11.1. The third-order valence-corrected chi connectivity index (χ3v) is 7.02. The number of rotatable bonds is 6. The SMILES string of the molecule is Cc1ccc(S(=O)(=O)N2CC(CO)(CNc3ccc(C#N)c(F)c3)C2)c(C)c1. The molecule has 2 N–H and O–H groups in total. The minimum atomic E-state index is -3.63. The molecule has 2 aromatic rings. The van der Waals surface area contributed by atoms with Crippen LogP contribution in [0.25, 0.3) is 0 Å². The smallest absolute Gasteiger partial charge is 0.243 e. The number of nitriles is 1. The van der Waals surface area contributed by atoms with E-state index in [-0.39, 0.29) is 36.7 Å². The fourth-order valence-electron chi connectivity index (χ4n) is 3.37. The number of benzene rings is 2. The Bertz CT molecular complexity index is 1040. The predicted molar refractivity (Wildman–Crippen MR) is 104 cm³/mol. The zero-order valence-electron chi connectivity index (χ0n) is 15.7. The number of aryl methyl sites for hydroxylation is 2. The van der Waals surface area contributed by atoms with Crippen LogP contribution < -0.4 is 5.32 Å². The number of sulfonamides is 1. The first-order chi connectivity index (χ1) is 13.2. The highest BCUT2D eigenvalue weighted by molar-refractivity contribution is 7.89. The zero-order valence-corrected chi connectivity index (χ0v) is 16.6. The summed E-state index contributed by atoms with van der Waals surface area (Å²) in [7, 11) is -3.63. The van der Waals surface area contributed by atoms with Crippen LogP contribution in [0.4, 0.5) is 10.1 Å². The maximum atomic E-state index is 13.7. The number of nitrogens with one attached hydrogen (secondary N) is 1. The van der Waals surface area contributed by atoms with E-state index in [1.54, 1.807) is 31.2 Å². The molecule has 1 aliphatic heterocycles. The van der Waals surface area contributed by atoms with Crippen LogP contribution in [0.3, 0.4) is 0 Å². The van der Waals surface area contributed by atoms with Crippen molar-refractivity contribution in [2.24, 2.45) is 5.41 Å². The molecule has 148 valence electrons. The highest BCUT2D eigenvalue weighted by atomic mass is 32.2. The first-order valence-corrected chi connectivity index (χ1v) is 10.3. The lowest BCUT2D eigenvalue weighted by molar-refractivity contribution is 0.0203. The van der Waals surface area contributed by atoms with Gasteiger partial charge in [-0.3, -0.25) is 0 Å². The zero-order chi connectivity index (χ0) is 20.5. The number of hydrogen-bond acceptors (Lipinski definition) is 5. The molecule has 0 radical (unpaired) electrons. The monoisotopic (exact) mass is 403 g/mol. The third-order valence-electron chi connectivity index (χ3n) is 5.06. The van der Waals surface area contributed by atoms with Gasteiger partial charge in [0, 0.05) is 30.7 Å². The van der Waals surface area contributed by atoms with Crippen LogP contribution in [0, 0.1) is 36.4 Å². The van der Waals surface area contributed by atoms with Gasteiger partial charge in [0.2, 0.25) is 10.0 Å². The first kappa shape index (κ1) is 20.3. The predicted octanol–water partition coefficient (Wildman–Crippen LogP) is 2.41. The summed E-state index contributed by atoms with van der Waals surface area (Å²) in [5.41, 5.74) is 1.46. The summed E-state index contributed by atoms with van der Waals surface area (Å²) in [6.07, 6.45) is 0. The second kappa shape index (κ2) is 7.51. The van der Waals surface area contributed by atoms with E-state index in [9.17, 15) is 17.9 Å². The van der Waals surface area contributed by atoms with Gasteiger partial charge in [-0.05, 0) is 43.7 Å². The molecule has 8 heteroatoms. The molecule has 0 bridgehead atoms. The summed E-state index contributed by atoms with van der Waals surface area (Å²) in [6.45, 7) is 4.10. The van der Waals surface area contributed by atoms with Gasteiger partial charge in [-0.2, -0.15) is 9.57 Å². The molecule has 3 rings (SSSR count). The summed E-state index contributed by atoms with van der Waals surface area (Å²) < 4.78 is 40.8. The van der Waals surface area contributed by atoms with Crippen LogP contribution in [-0.2, 0) is 10.0 Å². The number of halogens is 1. The van der Waals surface area contributed by atoms with Gasteiger partial charge in [-0.15, -0.1) is 0 Å². The quantitative estimate of drug-likeness (QED) is 0.773. The maximum absolute atomic E-state index is 13.7. The molecule has 1 aliphatic rings. The second-order valence-corrected chi connectivity index (χ2v) is 9.27. The van der Waals surface area contributed by atoms with Crippen molar-refractivity contribution in [1.82, 2.24) is 4.31 Å². The average Bonchev–Trinajstić information content (AvgIpc) is 2.60. The number of nitrogens with zero attached hydrogens (tertiary/aromatic N) is 2. The van der Waals surface area contributed by atoms with Gasteiger partial charge in [0.15, 0.2) is 0 Å². The molecule has 1 saturated heterocycles. The van der Waals surface area contributed by atoms with Crippen LogP contribution in [-0.4, -0.2) is 44.1 Å². The topological polar surface area (TPSA) is 93.4 Å². The molecule has 0 atom stereocenters. The van der Waals surface area contributed by atoms with Gasteiger partial charge in [0.25, 0.3) is 0 Å². The van der Waals surface area contributed by atoms with Crippen molar-refractivity contribution in [2.75, 3.05) is 31.6 Å². The number of hydrogen-bond donors (Lipinski definition) is 2. The first-order valence-electron chi connectivity index (χ1n) is 8.83. The van der Waals surface area contributed by atoms with Crippen LogP contribution in [0.1, 0.15) is 16.7 Å². The fraction of sp³-hybridized carbons (Fsp3) is 0.350. The van der Waals surface area contributed by atoms with E-state index in [1.807, 2.05) is 13.0 Å². The Labute approximate surface area is 164 Å². The standard InChI is InChI=1S/C20H22FN3O3S/c1-14-3-6-19(15(2)7-14)28(26,27)24-11-20(12-24,13-25)10-23-17-5-4-16(9-22)18(21)8-17/h3-8,23,25H,10-13H2,1-2H3. The van der Waals surface area contributed by atoms with Gasteiger partial charge in [-0.25, -0.2) is 12.8 Å². The van der Waals surface area contributed by atoms with Gasteiger partial charge in [0.1, 0.15) is 11.9 Å². The van der Waals surface area contributed by atoms with Crippen molar-refractivity contribution < 1.29 is 17.9 Å². The van der Waals surface area contributed by atoms with Crippen molar-refractivity contribution in [3.05, 3.63) is 58.9 Å². The second-order valence-electron chi connectivity index (χ2n) is 7.36. The molecule has 0 aromatic heterocycles. The molecular formula is C20H22FN3O3S. The van der Waals surface area contributed by atoms with Crippen molar-refractivity contribution in [3.63, 3.8) is 0 Å². The number of aliphatic hydroxyl groups is 1. The molecule has 2 aromatic carbocycles. The Morgan fingerprint density at radius 1 is 1.25 bits per heavy atom. The Morgan fingerprint density at radius 2 is 1.96 bits per heavy atom. The molecule has 1 heterocycles. The average molecular weight is 403 g/mol. The molecule has 6 nitrogen and oxygen atoms in total. The summed E-state index contributed by atoms with van der Waals surface area (Å²) in [4.78, 5) is 0.270. The Morgan fingerprint density at radius 3 is 2.54 bits per heavy atom. The lowest BCUT2D eigenvalue weighted by Gasteiger charge is -2.48. The summed E-state index contributed by atoms with van der Waals surface area (Å²) >= 11 is 0. The molecule has 0 unspecified atom stereocenters. The highest BCUT2D eigenvalue weighted by Gasteiger charge is 2.48. The summed E-state index contributed by atoms with van der Waals surface area (Å²) in [5, 5.41) is 21.6. The normalized spacial score (nSPS) is 16.2. The largest absolute Gasteiger partial charge is 0.396 e. The fourth-order valence-corrected chi connectivity index (χ4v) is 5.24. The minimum Gasteiger partial charge on any atom is -0.396 e. The van der Waals surface area contributed by atoms with Gasteiger partial charge >= 0.3 is 0 Å². The number of aliphatic hydroxyl groups excluding tert-OH is 1. The lowest BCUT2D eigenvalue weighted by atomic mass is 9.82. The van der Waals surface area contributed by atoms with E-state index in [0.717, 1.165) is 5.56 Å². The molecule has 0 spiro atoms.